The molecule has 138 valence electrons. The number of nitrogens with one attached hydrogen (secondary N) is 2. The molecule has 2 aromatic rings. The third-order valence-electron chi connectivity index (χ3n) is 3.23. The minimum Gasteiger partial charge on any atom is -0.424 e. The minimum absolute atomic E-state index is 0.0591. The number of fused-ring (bicyclic) bond motifs is 1. The van der Waals surface area contributed by atoms with Crippen molar-refractivity contribution in [2.75, 3.05) is 5.32 Å². The van der Waals surface area contributed by atoms with Gasteiger partial charge in [-0.1, -0.05) is 29.3 Å². The normalized spacial score (nSPS) is 14.8. The van der Waals surface area contributed by atoms with E-state index in [9.17, 15) is 22.4 Å². The van der Waals surface area contributed by atoms with E-state index < -0.39 is 23.9 Å². The molecule has 0 radical (unpaired) electrons. The zero-order chi connectivity index (χ0) is 19.1. The molecular formula is C15H8Cl2F4N2O3. The van der Waals surface area contributed by atoms with Crippen molar-refractivity contribution < 1.29 is 31.8 Å². The van der Waals surface area contributed by atoms with Crippen molar-refractivity contribution in [3.05, 3.63) is 52.3 Å². The van der Waals surface area contributed by atoms with Gasteiger partial charge in [-0.25, -0.2) is 9.18 Å². The van der Waals surface area contributed by atoms with Crippen molar-refractivity contribution in [1.82, 2.24) is 5.32 Å². The van der Waals surface area contributed by atoms with Gasteiger partial charge in [-0.2, -0.15) is 13.2 Å². The summed E-state index contributed by atoms with van der Waals surface area (Å²) in [6, 6.07) is 5.30. The topological polar surface area (TPSA) is 59.6 Å². The Labute approximate surface area is 153 Å². The van der Waals surface area contributed by atoms with E-state index in [0.717, 1.165) is 24.3 Å². The van der Waals surface area contributed by atoms with Gasteiger partial charge in [-0.15, -0.1) is 0 Å². The average Bonchev–Trinajstić information content (AvgIpc) is 2.85. The standard InChI is InChI=1S/C15H8Cl2F4N2O3/c16-9-5-11-12(6-10(9)17)26-15(25-11,14(19,20)21)23-13(24)22-8-3-1-2-7(18)4-8/h1-6H,(H2,22,23,24). The average molecular weight is 411 g/mol. The number of benzene rings is 2. The summed E-state index contributed by atoms with van der Waals surface area (Å²) in [6.45, 7) is 0. The molecule has 0 unspecified atom stereocenters. The fourth-order valence-electron chi connectivity index (χ4n) is 2.12. The van der Waals surface area contributed by atoms with Crippen LogP contribution in [0.3, 0.4) is 0 Å². The highest BCUT2D eigenvalue weighted by Crippen LogP contribution is 2.47. The Morgan fingerprint density at radius 1 is 1.04 bits per heavy atom. The van der Waals surface area contributed by atoms with Crippen LogP contribution >= 0.6 is 23.2 Å². The van der Waals surface area contributed by atoms with Gasteiger partial charge in [0.15, 0.2) is 11.5 Å². The largest absolute Gasteiger partial charge is 0.492 e. The third-order valence-corrected chi connectivity index (χ3v) is 3.95. The maximum absolute atomic E-state index is 13.5. The first-order chi connectivity index (χ1) is 12.1. The number of ether oxygens (including phenoxy) is 2. The number of carbonyl (C=O) groups excluding carboxylic acids is 1. The van der Waals surface area contributed by atoms with E-state index in [0.29, 0.717) is 0 Å². The number of anilines is 1. The van der Waals surface area contributed by atoms with Gasteiger partial charge >= 0.3 is 18.1 Å². The fourth-order valence-corrected chi connectivity index (χ4v) is 2.42. The van der Waals surface area contributed by atoms with E-state index in [1.165, 1.54) is 12.1 Å². The van der Waals surface area contributed by atoms with Crippen LogP contribution in [0, 0.1) is 5.82 Å². The quantitative estimate of drug-likeness (QED) is 0.689. The molecule has 26 heavy (non-hydrogen) atoms. The van der Waals surface area contributed by atoms with Crippen LogP contribution in [0.15, 0.2) is 36.4 Å². The van der Waals surface area contributed by atoms with Crippen molar-refractivity contribution in [2.45, 2.75) is 12.1 Å². The zero-order valence-electron chi connectivity index (χ0n) is 12.5. The highest BCUT2D eigenvalue weighted by Gasteiger charge is 2.65. The SMILES string of the molecule is O=C(Nc1cccc(F)c1)NC1(C(F)(F)F)Oc2cc(Cl)c(Cl)cc2O1. The molecule has 2 N–H and O–H groups in total. The van der Waals surface area contributed by atoms with Crippen LogP contribution in [0.4, 0.5) is 28.0 Å². The summed E-state index contributed by atoms with van der Waals surface area (Å²) < 4.78 is 63.3. The minimum atomic E-state index is -5.16. The summed E-state index contributed by atoms with van der Waals surface area (Å²) >= 11 is 11.5. The molecule has 1 aliphatic rings. The van der Waals surface area contributed by atoms with Gasteiger partial charge in [0.2, 0.25) is 0 Å². The fraction of sp³-hybridized carbons (Fsp3) is 0.133. The molecule has 0 fully saturated rings. The maximum Gasteiger partial charge on any atom is 0.492 e. The van der Waals surface area contributed by atoms with E-state index in [4.69, 9.17) is 32.7 Å². The lowest BCUT2D eigenvalue weighted by Gasteiger charge is -2.29. The molecule has 1 aliphatic heterocycles. The lowest BCUT2D eigenvalue weighted by molar-refractivity contribution is -0.317. The number of hydrogen-bond donors (Lipinski definition) is 2. The number of halogens is 6. The number of rotatable bonds is 2. The summed E-state index contributed by atoms with van der Waals surface area (Å²) in [4.78, 5) is 12.0. The molecule has 0 aromatic heterocycles. The molecule has 0 spiro atoms. The first-order valence-corrected chi connectivity index (χ1v) is 7.64. The summed E-state index contributed by atoms with van der Waals surface area (Å²) in [5, 5.41) is 3.49. The number of carbonyl (C=O) groups is 1. The van der Waals surface area contributed by atoms with Gasteiger partial charge in [0.05, 0.1) is 10.0 Å². The maximum atomic E-state index is 13.5. The van der Waals surface area contributed by atoms with E-state index in [2.05, 4.69) is 5.32 Å². The molecule has 11 heteroatoms. The smallest absolute Gasteiger partial charge is 0.424 e. The molecule has 0 saturated carbocycles. The van der Waals surface area contributed by atoms with Gasteiger partial charge in [0.25, 0.3) is 0 Å². The Bertz CT molecular complexity index is 845. The molecule has 0 atom stereocenters. The van der Waals surface area contributed by atoms with Gasteiger partial charge in [0.1, 0.15) is 5.82 Å². The number of alkyl halides is 3. The Morgan fingerprint density at radius 2 is 1.62 bits per heavy atom. The Morgan fingerprint density at radius 3 is 2.12 bits per heavy atom. The number of amides is 2. The molecule has 1 heterocycles. The van der Waals surface area contributed by atoms with Crippen molar-refractivity contribution in [3.63, 3.8) is 0 Å². The van der Waals surface area contributed by atoms with E-state index in [-0.39, 0.29) is 27.2 Å². The van der Waals surface area contributed by atoms with Gasteiger partial charge in [0, 0.05) is 17.8 Å². The van der Waals surface area contributed by atoms with E-state index in [1.54, 1.807) is 5.32 Å². The van der Waals surface area contributed by atoms with Crippen LogP contribution in [0.5, 0.6) is 11.5 Å². The van der Waals surface area contributed by atoms with Crippen LogP contribution in [0.1, 0.15) is 0 Å². The van der Waals surface area contributed by atoms with Crippen LogP contribution in [-0.4, -0.2) is 18.1 Å². The molecule has 0 aliphatic carbocycles. The summed E-state index contributed by atoms with van der Waals surface area (Å²) in [6.07, 6.45) is -5.16. The Kier molecular flexibility index (Phi) is 4.53. The Hall–Kier alpha value is -2.39. The lowest BCUT2D eigenvalue weighted by Crippen LogP contribution is -2.65. The molecule has 0 saturated heterocycles. The second kappa shape index (κ2) is 6.40. The predicted molar refractivity (Wildman–Crippen MR) is 85.1 cm³/mol. The number of urea groups is 1. The van der Waals surface area contributed by atoms with Crippen LogP contribution in [0.25, 0.3) is 0 Å². The van der Waals surface area contributed by atoms with Crippen molar-refractivity contribution in [1.29, 1.82) is 0 Å². The molecule has 5 nitrogen and oxygen atoms in total. The summed E-state index contributed by atoms with van der Waals surface area (Å²) in [7, 11) is 0. The Balaban J connectivity index is 1.85. The highest BCUT2D eigenvalue weighted by molar-refractivity contribution is 6.42. The van der Waals surface area contributed by atoms with Crippen molar-refractivity contribution >= 4 is 34.9 Å². The highest BCUT2D eigenvalue weighted by atomic mass is 35.5. The lowest BCUT2D eigenvalue weighted by atomic mass is 10.3. The molecule has 2 aromatic carbocycles. The van der Waals surface area contributed by atoms with Crippen LogP contribution in [0.2, 0.25) is 10.0 Å². The first kappa shape index (κ1) is 18.4. The second-order valence-electron chi connectivity index (χ2n) is 5.12. The van der Waals surface area contributed by atoms with Gasteiger partial charge in [-0.3, -0.25) is 5.32 Å². The van der Waals surface area contributed by atoms with Crippen LogP contribution < -0.4 is 20.1 Å². The monoisotopic (exact) mass is 410 g/mol. The molecular weight excluding hydrogens is 403 g/mol. The van der Waals surface area contributed by atoms with E-state index in [1.807, 2.05) is 0 Å². The van der Waals surface area contributed by atoms with Gasteiger partial charge in [-0.05, 0) is 18.2 Å². The first-order valence-electron chi connectivity index (χ1n) is 6.88. The molecule has 3 rings (SSSR count). The van der Waals surface area contributed by atoms with Crippen molar-refractivity contribution in [3.8, 4) is 11.5 Å². The number of hydrogen-bond acceptors (Lipinski definition) is 3. The van der Waals surface area contributed by atoms with Gasteiger partial charge < -0.3 is 14.8 Å². The predicted octanol–water partition coefficient (Wildman–Crippen LogP) is 4.94. The summed E-state index contributed by atoms with van der Waals surface area (Å²) in [5.41, 5.74) is -0.0681. The third kappa shape index (κ3) is 3.45. The molecule has 2 amide bonds. The zero-order valence-corrected chi connectivity index (χ0v) is 14.0. The van der Waals surface area contributed by atoms with Crippen LogP contribution in [-0.2, 0) is 0 Å². The molecule has 0 bridgehead atoms. The summed E-state index contributed by atoms with van der Waals surface area (Å²) in [5.74, 6) is -4.90. The second-order valence-corrected chi connectivity index (χ2v) is 5.94. The van der Waals surface area contributed by atoms with E-state index >= 15 is 0 Å². The van der Waals surface area contributed by atoms with Crippen molar-refractivity contribution in [2.24, 2.45) is 0 Å².